The Labute approximate surface area is 141 Å². The van der Waals surface area contributed by atoms with Gasteiger partial charge in [0.05, 0.1) is 0 Å². The molecule has 1 aliphatic rings. The van der Waals surface area contributed by atoms with E-state index in [-0.39, 0.29) is 0 Å². The number of nitrogens with two attached hydrogens (primary N) is 1. The number of aryl methyl sites for hydroxylation is 1. The predicted octanol–water partition coefficient (Wildman–Crippen LogP) is 2.66. The highest BCUT2D eigenvalue weighted by atomic mass is 32.2. The predicted molar refractivity (Wildman–Crippen MR) is 96.1 cm³/mol. The lowest BCUT2D eigenvalue weighted by Crippen LogP contribution is -2.46. The smallest absolute Gasteiger partial charge is 0.156 e. The average Bonchev–Trinajstić information content (AvgIpc) is 2.59. The second kappa shape index (κ2) is 7.19. The lowest BCUT2D eigenvalue weighted by atomic mass is 10.2. The number of benzene rings is 1. The number of likely N-dealkylation sites (N-methyl/N-ethyl adjacent to an activating group) is 1. The second-order valence-corrected chi connectivity index (χ2v) is 6.81. The highest BCUT2D eigenvalue weighted by Crippen LogP contribution is 2.34. The van der Waals surface area contributed by atoms with E-state index in [0.29, 0.717) is 5.69 Å². The monoisotopic (exact) mass is 329 g/mol. The summed E-state index contributed by atoms with van der Waals surface area (Å²) in [7, 11) is 0. The van der Waals surface area contributed by atoms with Gasteiger partial charge in [0.15, 0.2) is 5.82 Å². The molecule has 2 N–H and O–H groups in total. The molecule has 0 unspecified atom stereocenters. The molecule has 0 atom stereocenters. The van der Waals surface area contributed by atoms with Crippen LogP contribution in [0.2, 0.25) is 0 Å². The van der Waals surface area contributed by atoms with Crippen molar-refractivity contribution in [3.63, 3.8) is 0 Å². The molecule has 0 radical (unpaired) electrons. The zero-order chi connectivity index (χ0) is 16.2. The lowest BCUT2D eigenvalue weighted by molar-refractivity contribution is 0.270. The molecule has 23 heavy (non-hydrogen) atoms. The number of anilines is 2. The molecule has 1 aromatic heterocycles. The molecule has 1 aromatic carbocycles. The minimum atomic E-state index is 0.683. The van der Waals surface area contributed by atoms with Gasteiger partial charge in [-0.1, -0.05) is 36.4 Å². The molecule has 1 aliphatic heterocycles. The third-order valence-corrected chi connectivity index (χ3v) is 5.21. The Morgan fingerprint density at radius 1 is 1.09 bits per heavy atom. The molecule has 0 saturated carbocycles. The Bertz CT molecular complexity index is 651. The van der Waals surface area contributed by atoms with Gasteiger partial charge >= 0.3 is 0 Å². The first-order chi connectivity index (χ1) is 11.2. The topological polar surface area (TPSA) is 58.3 Å². The van der Waals surface area contributed by atoms with Crippen LogP contribution in [0.25, 0.3) is 0 Å². The molecule has 2 heterocycles. The summed E-state index contributed by atoms with van der Waals surface area (Å²) in [5, 5.41) is 0.830. The second-order valence-electron chi connectivity index (χ2n) is 5.75. The third-order valence-electron chi connectivity index (χ3n) is 4.18. The zero-order valence-electron chi connectivity index (χ0n) is 13.7. The fourth-order valence-corrected chi connectivity index (χ4v) is 3.49. The number of nitrogens with zero attached hydrogens (tertiary/aromatic N) is 4. The van der Waals surface area contributed by atoms with Crippen LogP contribution in [0.5, 0.6) is 0 Å². The van der Waals surface area contributed by atoms with Gasteiger partial charge in [-0.15, -0.1) is 0 Å². The molecule has 1 saturated heterocycles. The summed E-state index contributed by atoms with van der Waals surface area (Å²) in [6.07, 6.45) is 1.62. The van der Waals surface area contributed by atoms with Crippen molar-refractivity contribution in [2.24, 2.45) is 0 Å². The Morgan fingerprint density at radius 3 is 2.43 bits per heavy atom. The van der Waals surface area contributed by atoms with Gasteiger partial charge in [-0.3, -0.25) is 0 Å². The van der Waals surface area contributed by atoms with E-state index in [0.717, 1.165) is 48.5 Å². The van der Waals surface area contributed by atoms with E-state index in [1.165, 1.54) is 5.56 Å². The summed E-state index contributed by atoms with van der Waals surface area (Å²) in [6, 6.07) is 8.40. The van der Waals surface area contributed by atoms with Gasteiger partial charge in [-0.05, 0) is 25.6 Å². The first-order valence-electron chi connectivity index (χ1n) is 7.99. The molecule has 122 valence electrons. The van der Waals surface area contributed by atoms with Gasteiger partial charge in [0.2, 0.25) is 0 Å². The van der Waals surface area contributed by atoms with Gasteiger partial charge in [-0.25, -0.2) is 9.97 Å². The van der Waals surface area contributed by atoms with E-state index < -0.39 is 0 Å². The number of piperazine rings is 1. The molecular weight excluding hydrogens is 306 g/mol. The van der Waals surface area contributed by atoms with E-state index in [2.05, 4.69) is 57.9 Å². The Morgan fingerprint density at radius 2 is 1.78 bits per heavy atom. The van der Waals surface area contributed by atoms with Crippen molar-refractivity contribution in [1.29, 1.82) is 0 Å². The molecule has 3 rings (SSSR count). The van der Waals surface area contributed by atoms with Crippen LogP contribution in [0.4, 0.5) is 11.5 Å². The molecule has 0 amide bonds. The zero-order valence-corrected chi connectivity index (χ0v) is 14.5. The summed E-state index contributed by atoms with van der Waals surface area (Å²) in [5.41, 5.74) is 8.29. The van der Waals surface area contributed by atoms with Crippen LogP contribution in [0.15, 0.2) is 40.5 Å². The van der Waals surface area contributed by atoms with Crippen LogP contribution in [0, 0.1) is 6.92 Å². The van der Waals surface area contributed by atoms with Gasteiger partial charge in [0.25, 0.3) is 0 Å². The van der Waals surface area contributed by atoms with Gasteiger partial charge in [0, 0.05) is 31.1 Å². The van der Waals surface area contributed by atoms with Gasteiger partial charge in [-0.2, -0.15) is 0 Å². The van der Waals surface area contributed by atoms with E-state index in [1.54, 1.807) is 18.1 Å². The summed E-state index contributed by atoms with van der Waals surface area (Å²) >= 11 is 1.59. The summed E-state index contributed by atoms with van der Waals surface area (Å²) in [6.45, 7) is 9.42. The number of hydrogen-bond donors (Lipinski definition) is 1. The van der Waals surface area contributed by atoms with E-state index in [4.69, 9.17) is 5.73 Å². The van der Waals surface area contributed by atoms with Crippen molar-refractivity contribution in [3.05, 3.63) is 36.2 Å². The number of nitrogen functional groups attached to an aromatic ring is 1. The molecule has 0 spiro atoms. The van der Waals surface area contributed by atoms with E-state index >= 15 is 0 Å². The Balaban J connectivity index is 1.77. The quantitative estimate of drug-likeness (QED) is 0.870. The molecule has 2 aromatic rings. The van der Waals surface area contributed by atoms with E-state index in [1.807, 2.05) is 0 Å². The summed E-state index contributed by atoms with van der Waals surface area (Å²) < 4.78 is 0. The average molecular weight is 329 g/mol. The minimum absolute atomic E-state index is 0.683. The maximum absolute atomic E-state index is 6.36. The third kappa shape index (κ3) is 3.76. The Hall–Kier alpha value is -1.79. The highest BCUT2D eigenvalue weighted by molar-refractivity contribution is 7.99. The van der Waals surface area contributed by atoms with Crippen LogP contribution < -0.4 is 10.6 Å². The maximum Gasteiger partial charge on any atom is 0.156 e. The normalized spacial score (nSPS) is 15.8. The summed E-state index contributed by atoms with van der Waals surface area (Å²) in [5.74, 6) is 0.866. The molecule has 5 nitrogen and oxygen atoms in total. The van der Waals surface area contributed by atoms with E-state index in [9.17, 15) is 0 Å². The van der Waals surface area contributed by atoms with Crippen LogP contribution in [0.1, 0.15) is 12.5 Å². The molecule has 0 bridgehead atoms. The largest absolute Gasteiger partial charge is 0.394 e. The van der Waals surface area contributed by atoms with Crippen LogP contribution >= 0.6 is 11.8 Å². The number of rotatable bonds is 4. The molecular formula is C17H23N5S. The first-order valence-corrected chi connectivity index (χ1v) is 8.81. The van der Waals surface area contributed by atoms with Crippen molar-refractivity contribution < 1.29 is 0 Å². The summed E-state index contributed by atoms with van der Waals surface area (Å²) in [4.78, 5) is 14.6. The fourth-order valence-electron chi connectivity index (χ4n) is 2.70. The van der Waals surface area contributed by atoms with Crippen LogP contribution in [-0.2, 0) is 0 Å². The van der Waals surface area contributed by atoms with Crippen molar-refractivity contribution in [3.8, 4) is 0 Å². The molecule has 1 fully saturated rings. The number of hydrogen-bond acceptors (Lipinski definition) is 6. The van der Waals surface area contributed by atoms with Crippen LogP contribution in [-0.4, -0.2) is 47.6 Å². The van der Waals surface area contributed by atoms with Crippen molar-refractivity contribution in [2.75, 3.05) is 43.4 Å². The molecule has 0 aliphatic carbocycles. The Kier molecular flexibility index (Phi) is 5.03. The first kappa shape index (κ1) is 16.1. The number of aromatic nitrogens is 2. The fraction of sp³-hybridized carbons (Fsp3) is 0.412. The van der Waals surface area contributed by atoms with Crippen LogP contribution in [0.3, 0.4) is 0 Å². The molecule has 6 heteroatoms. The minimum Gasteiger partial charge on any atom is -0.394 e. The lowest BCUT2D eigenvalue weighted by Gasteiger charge is -2.35. The SMILES string of the molecule is CCN1CCN(c2ncnc(Sc3ccc(C)cc3)c2N)CC1. The van der Waals surface area contributed by atoms with Gasteiger partial charge < -0.3 is 15.5 Å². The highest BCUT2D eigenvalue weighted by Gasteiger charge is 2.20. The van der Waals surface area contributed by atoms with Gasteiger partial charge in [0.1, 0.15) is 17.0 Å². The van der Waals surface area contributed by atoms with Crippen molar-refractivity contribution in [2.45, 2.75) is 23.8 Å². The van der Waals surface area contributed by atoms with Crippen molar-refractivity contribution >= 4 is 23.3 Å². The van der Waals surface area contributed by atoms with Crippen molar-refractivity contribution in [1.82, 2.24) is 14.9 Å². The maximum atomic E-state index is 6.36. The standard InChI is InChI=1S/C17H23N5S/c1-3-21-8-10-22(11-9-21)16-15(18)17(20-12-19-16)23-14-6-4-13(2)5-7-14/h4-7,12H,3,8-11,18H2,1-2H3.